The van der Waals surface area contributed by atoms with E-state index in [1.165, 1.54) is 0 Å². The molecule has 1 aliphatic heterocycles. The van der Waals surface area contributed by atoms with E-state index in [1.54, 1.807) is 26.0 Å². The number of hydrogen-bond acceptors (Lipinski definition) is 5. The summed E-state index contributed by atoms with van der Waals surface area (Å²) >= 11 is 0. The van der Waals surface area contributed by atoms with Crippen molar-refractivity contribution in [2.24, 2.45) is 5.92 Å². The molecule has 0 amide bonds. The molecule has 1 unspecified atom stereocenters. The Bertz CT molecular complexity index is 725. The fraction of sp³-hybridized carbons (Fsp3) is 0.450. The van der Waals surface area contributed by atoms with Crippen molar-refractivity contribution in [3.05, 3.63) is 47.1 Å². The van der Waals surface area contributed by atoms with E-state index in [4.69, 9.17) is 9.47 Å². The lowest BCUT2D eigenvalue weighted by molar-refractivity contribution is -0.148. The minimum atomic E-state index is -1.07. The number of ether oxygens (including phenoxy) is 2. The molecule has 0 spiro atoms. The number of aliphatic carboxylic acids is 1. The maximum absolute atomic E-state index is 12.3. The van der Waals surface area contributed by atoms with Crippen LogP contribution in [0.15, 0.2) is 47.1 Å². The third kappa shape index (κ3) is 4.31. The highest BCUT2D eigenvalue weighted by atomic mass is 16.6. The highest BCUT2D eigenvalue weighted by molar-refractivity contribution is 5.92. The Labute approximate surface area is 152 Å². The van der Waals surface area contributed by atoms with Gasteiger partial charge in [0.05, 0.1) is 5.92 Å². The fourth-order valence-electron chi connectivity index (χ4n) is 3.08. The number of esters is 2. The van der Waals surface area contributed by atoms with Crippen molar-refractivity contribution in [3.63, 3.8) is 0 Å². The molecule has 2 rings (SSSR count). The number of allylic oxidation sites excluding steroid dienone is 3. The van der Waals surface area contributed by atoms with Gasteiger partial charge in [-0.25, -0.2) is 14.4 Å². The number of rotatable bonds is 3. The van der Waals surface area contributed by atoms with Crippen molar-refractivity contribution < 1.29 is 29.0 Å². The lowest BCUT2D eigenvalue weighted by Gasteiger charge is -2.27. The van der Waals surface area contributed by atoms with E-state index < -0.39 is 36.0 Å². The maximum Gasteiger partial charge on any atom is 0.334 e. The lowest BCUT2D eigenvalue weighted by Crippen LogP contribution is -2.34. The van der Waals surface area contributed by atoms with Crippen molar-refractivity contribution in [2.75, 3.05) is 0 Å². The van der Waals surface area contributed by atoms with Gasteiger partial charge in [-0.15, -0.1) is 0 Å². The van der Waals surface area contributed by atoms with Crippen molar-refractivity contribution in [1.29, 1.82) is 0 Å². The van der Waals surface area contributed by atoms with Gasteiger partial charge >= 0.3 is 17.9 Å². The van der Waals surface area contributed by atoms with Crippen LogP contribution in [0.5, 0.6) is 0 Å². The van der Waals surface area contributed by atoms with Crippen LogP contribution in [0, 0.1) is 5.92 Å². The first-order valence-electron chi connectivity index (χ1n) is 8.57. The highest BCUT2D eigenvalue weighted by Gasteiger charge is 2.45. The zero-order valence-corrected chi connectivity index (χ0v) is 15.3. The molecule has 6 heteroatoms. The molecule has 1 N–H and O–H groups in total. The van der Waals surface area contributed by atoms with E-state index in [2.05, 4.69) is 6.58 Å². The molecular weight excluding hydrogens is 336 g/mol. The molecule has 1 fully saturated rings. The van der Waals surface area contributed by atoms with Gasteiger partial charge in [0.15, 0.2) is 0 Å². The zero-order valence-electron chi connectivity index (χ0n) is 15.3. The number of hydrogen-bond donors (Lipinski definition) is 1. The van der Waals surface area contributed by atoms with Crippen LogP contribution in [0.25, 0.3) is 0 Å². The maximum atomic E-state index is 12.3. The number of carboxylic acids is 1. The Morgan fingerprint density at radius 3 is 2.73 bits per heavy atom. The molecule has 0 aromatic rings. The third-order valence-electron chi connectivity index (χ3n) is 4.75. The summed E-state index contributed by atoms with van der Waals surface area (Å²) in [6.45, 7) is 9.01. The molecule has 1 heterocycles. The van der Waals surface area contributed by atoms with Crippen LogP contribution >= 0.6 is 0 Å². The summed E-state index contributed by atoms with van der Waals surface area (Å²) < 4.78 is 11.0. The average Bonchev–Trinajstić information content (AvgIpc) is 2.85. The van der Waals surface area contributed by atoms with E-state index in [0.29, 0.717) is 18.4 Å². The van der Waals surface area contributed by atoms with Gasteiger partial charge in [-0.1, -0.05) is 24.3 Å². The number of carbonyl (C=O) groups is 3. The largest absolute Gasteiger partial charge is 0.478 e. The van der Waals surface area contributed by atoms with Crippen molar-refractivity contribution in [3.8, 4) is 0 Å². The first-order chi connectivity index (χ1) is 12.2. The van der Waals surface area contributed by atoms with E-state index in [0.717, 1.165) is 5.57 Å². The van der Waals surface area contributed by atoms with Crippen LogP contribution in [0.1, 0.15) is 40.0 Å². The molecule has 3 atom stereocenters. The molecule has 0 aromatic carbocycles. The van der Waals surface area contributed by atoms with Gasteiger partial charge in [-0.3, -0.25) is 0 Å². The van der Waals surface area contributed by atoms with E-state index in [1.807, 2.05) is 13.0 Å². The fourth-order valence-corrected chi connectivity index (χ4v) is 3.08. The van der Waals surface area contributed by atoms with Crippen molar-refractivity contribution >= 4 is 17.9 Å². The van der Waals surface area contributed by atoms with E-state index >= 15 is 0 Å². The molecule has 0 aromatic heterocycles. The van der Waals surface area contributed by atoms with E-state index in [9.17, 15) is 19.5 Å². The Balaban J connectivity index is 2.46. The second-order valence-corrected chi connectivity index (χ2v) is 6.63. The standard InChI is InChI=1S/C20H24O6/c1-5-12(3)19(23)25-16-10-14(18(21)22)8-6-7-11(2)9-15-17(16)13(4)20(24)26-15/h5,8-9,15-17H,4,6-7,10H2,1-3H3,(H,21,22)/t15-,16?,17+/m1/s1. The van der Waals surface area contributed by atoms with Gasteiger partial charge in [-0.05, 0) is 39.7 Å². The monoisotopic (exact) mass is 360 g/mol. The second kappa shape index (κ2) is 8.17. The third-order valence-corrected chi connectivity index (χ3v) is 4.75. The molecule has 6 nitrogen and oxygen atoms in total. The van der Waals surface area contributed by atoms with Gasteiger partial charge < -0.3 is 14.6 Å². The van der Waals surface area contributed by atoms with Crippen LogP contribution in [0.2, 0.25) is 0 Å². The quantitative estimate of drug-likeness (QED) is 0.472. The summed E-state index contributed by atoms with van der Waals surface area (Å²) in [4.78, 5) is 35.9. The molecular formula is C20H24O6. The van der Waals surface area contributed by atoms with Crippen LogP contribution in [0.4, 0.5) is 0 Å². The second-order valence-electron chi connectivity index (χ2n) is 6.63. The minimum Gasteiger partial charge on any atom is -0.478 e. The summed E-state index contributed by atoms with van der Waals surface area (Å²) in [7, 11) is 0. The molecule has 0 bridgehead atoms. The molecule has 1 saturated heterocycles. The average molecular weight is 360 g/mol. The van der Waals surface area contributed by atoms with Crippen LogP contribution in [-0.4, -0.2) is 35.2 Å². The molecule has 26 heavy (non-hydrogen) atoms. The first kappa shape index (κ1) is 19.7. The Morgan fingerprint density at radius 2 is 2.12 bits per heavy atom. The first-order valence-corrected chi connectivity index (χ1v) is 8.57. The predicted molar refractivity (Wildman–Crippen MR) is 95.1 cm³/mol. The van der Waals surface area contributed by atoms with Crippen molar-refractivity contribution in [1.82, 2.24) is 0 Å². The van der Waals surface area contributed by atoms with Gasteiger partial charge in [0.1, 0.15) is 12.2 Å². The summed E-state index contributed by atoms with van der Waals surface area (Å²) in [5, 5.41) is 9.49. The summed E-state index contributed by atoms with van der Waals surface area (Å²) in [5.74, 6) is -2.78. The molecule has 0 radical (unpaired) electrons. The minimum absolute atomic E-state index is 0.0121. The SMILES string of the molecule is C=C1C(=O)O[C@@H]2C=C(C)CCC=C(C(=O)O)CC(OC(=O)C(C)=CC)[C@@H]12. The normalized spacial score (nSPS) is 27.0. The van der Waals surface area contributed by atoms with Crippen molar-refractivity contribution in [2.45, 2.75) is 52.2 Å². The Kier molecular flexibility index (Phi) is 6.18. The molecule has 140 valence electrons. The topological polar surface area (TPSA) is 89.9 Å². The Morgan fingerprint density at radius 1 is 1.42 bits per heavy atom. The highest BCUT2D eigenvalue weighted by Crippen LogP contribution is 2.36. The van der Waals surface area contributed by atoms with E-state index in [-0.39, 0.29) is 17.6 Å². The van der Waals surface area contributed by atoms with Gasteiger partial charge in [0.2, 0.25) is 0 Å². The smallest absolute Gasteiger partial charge is 0.334 e. The zero-order chi connectivity index (χ0) is 19.4. The van der Waals surface area contributed by atoms with Gasteiger partial charge in [-0.2, -0.15) is 0 Å². The Hall–Kier alpha value is -2.63. The molecule has 1 aliphatic carbocycles. The molecule has 0 saturated carbocycles. The van der Waals surface area contributed by atoms with Gasteiger partial charge in [0.25, 0.3) is 0 Å². The number of carboxylic acid groups (broad SMARTS) is 1. The van der Waals surface area contributed by atoms with Crippen LogP contribution in [-0.2, 0) is 23.9 Å². The summed E-state index contributed by atoms with van der Waals surface area (Å²) in [5.41, 5.74) is 1.73. The predicted octanol–water partition coefficient (Wildman–Crippen LogP) is 3.10. The van der Waals surface area contributed by atoms with Crippen LogP contribution in [0.3, 0.4) is 0 Å². The number of fused-ring (bicyclic) bond motifs is 1. The summed E-state index contributed by atoms with van der Waals surface area (Å²) in [6, 6.07) is 0. The number of carbonyl (C=O) groups excluding carboxylic acids is 2. The molecule has 2 aliphatic rings. The van der Waals surface area contributed by atoms with Crippen LogP contribution < -0.4 is 0 Å². The lowest BCUT2D eigenvalue weighted by atomic mass is 9.85. The van der Waals surface area contributed by atoms with Gasteiger partial charge in [0, 0.05) is 23.1 Å². The summed E-state index contributed by atoms with van der Waals surface area (Å²) in [6.07, 6.45) is 4.81.